The molecule has 1 fully saturated rings. The maximum absolute atomic E-state index is 10.7. The monoisotopic (exact) mass is 233 g/mol. The van der Waals surface area contributed by atoms with Crippen LogP contribution in [0.3, 0.4) is 0 Å². The summed E-state index contributed by atoms with van der Waals surface area (Å²) in [5, 5.41) is 6.13. The number of carbonyl (C=O) groups is 1. The first kappa shape index (κ1) is 11.9. The summed E-state index contributed by atoms with van der Waals surface area (Å²) in [4.78, 5) is 10.7. The Labute approximate surface area is 102 Å². The number of amides is 2. The predicted molar refractivity (Wildman–Crippen MR) is 68.8 cm³/mol. The standard InChI is InChI=1S/C13H19N3O/c1-9(15-11-3-2-4-11)10-5-7-12(8-6-10)16-13(14)17/h5-9,11,15H,2-4H2,1H3,(H3,14,16,17). The van der Waals surface area contributed by atoms with Crippen LogP contribution in [0.2, 0.25) is 0 Å². The first-order chi connectivity index (χ1) is 8.15. The van der Waals surface area contributed by atoms with Crippen LogP contribution in [-0.2, 0) is 0 Å². The van der Waals surface area contributed by atoms with E-state index in [1.807, 2.05) is 24.3 Å². The minimum absolute atomic E-state index is 0.350. The Morgan fingerprint density at radius 1 is 1.35 bits per heavy atom. The Bertz CT molecular complexity index is 384. The molecule has 0 bridgehead atoms. The van der Waals surface area contributed by atoms with E-state index in [0.29, 0.717) is 12.1 Å². The van der Waals surface area contributed by atoms with Gasteiger partial charge in [0.1, 0.15) is 0 Å². The van der Waals surface area contributed by atoms with Crippen molar-refractivity contribution in [1.29, 1.82) is 0 Å². The smallest absolute Gasteiger partial charge is 0.316 e. The molecular formula is C13H19N3O. The zero-order valence-electron chi connectivity index (χ0n) is 10.1. The Kier molecular flexibility index (Phi) is 3.64. The van der Waals surface area contributed by atoms with Crippen molar-refractivity contribution in [1.82, 2.24) is 5.32 Å². The molecule has 1 aliphatic carbocycles. The summed E-state index contributed by atoms with van der Waals surface area (Å²) in [5.74, 6) is 0. The van der Waals surface area contributed by atoms with Crippen LogP contribution in [0.25, 0.3) is 0 Å². The molecule has 4 heteroatoms. The van der Waals surface area contributed by atoms with Gasteiger partial charge in [0, 0.05) is 17.8 Å². The van der Waals surface area contributed by atoms with Gasteiger partial charge < -0.3 is 16.4 Å². The first-order valence-corrected chi connectivity index (χ1v) is 6.07. The van der Waals surface area contributed by atoms with Crippen molar-refractivity contribution in [2.45, 2.75) is 38.3 Å². The third-order valence-electron chi connectivity index (χ3n) is 3.27. The molecule has 0 heterocycles. The Morgan fingerprint density at radius 2 is 2.00 bits per heavy atom. The summed E-state index contributed by atoms with van der Waals surface area (Å²) in [6.45, 7) is 2.16. The summed E-state index contributed by atoms with van der Waals surface area (Å²) >= 11 is 0. The number of hydrogen-bond donors (Lipinski definition) is 3. The predicted octanol–water partition coefficient (Wildman–Crippen LogP) is 2.38. The molecule has 1 unspecified atom stereocenters. The van der Waals surface area contributed by atoms with Crippen molar-refractivity contribution < 1.29 is 4.79 Å². The van der Waals surface area contributed by atoms with Gasteiger partial charge in [-0.05, 0) is 37.5 Å². The number of anilines is 1. The van der Waals surface area contributed by atoms with Gasteiger partial charge >= 0.3 is 6.03 Å². The van der Waals surface area contributed by atoms with Gasteiger partial charge in [-0.3, -0.25) is 0 Å². The molecule has 1 saturated carbocycles. The molecule has 1 atom stereocenters. The van der Waals surface area contributed by atoms with Crippen LogP contribution in [0.1, 0.15) is 37.8 Å². The topological polar surface area (TPSA) is 67.2 Å². The maximum Gasteiger partial charge on any atom is 0.316 e. The highest BCUT2D eigenvalue weighted by atomic mass is 16.2. The minimum Gasteiger partial charge on any atom is -0.351 e. The lowest BCUT2D eigenvalue weighted by atomic mass is 9.92. The summed E-state index contributed by atoms with van der Waals surface area (Å²) in [7, 11) is 0. The molecule has 0 radical (unpaired) electrons. The third-order valence-corrected chi connectivity index (χ3v) is 3.27. The molecular weight excluding hydrogens is 214 g/mol. The molecule has 92 valence electrons. The van der Waals surface area contributed by atoms with Crippen LogP contribution in [0, 0.1) is 0 Å². The number of benzene rings is 1. The van der Waals surface area contributed by atoms with E-state index in [1.54, 1.807) is 0 Å². The molecule has 0 aliphatic heterocycles. The molecule has 2 amide bonds. The zero-order valence-corrected chi connectivity index (χ0v) is 10.1. The molecule has 1 aliphatic rings. The molecule has 0 aromatic heterocycles. The fourth-order valence-electron chi connectivity index (χ4n) is 2.02. The number of carbonyl (C=O) groups excluding carboxylic acids is 1. The molecule has 4 N–H and O–H groups in total. The molecule has 2 rings (SSSR count). The summed E-state index contributed by atoms with van der Waals surface area (Å²) in [5.41, 5.74) is 7.01. The van der Waals surface area contributed by atoms with Crippen molar-refractivity contribution in [3.05, 3.63) is 29.8 Å². The van der Waals surface area contributed by atoms with E-state index in [-0.39, 0.29) is 0 Å². The molecule has 4 nitrogen and oxygen atoms in total. The number of rotatable bonds is 4. The largest absolute Gasteiger partial charge is 0.351 e. The van der Waals surface area contributed by atoms with Gasteiger partial charge in [-0.25, -0.2) is 4.79 Å². The summed E-state index contributed by atoms with van der Waals surface area (Å²) in [6, 6.07) is 8.27. The Balaban J connectivity index is 1.93. The number of hydrogen-bond acceptors (Lipinski definition) is 2. The van der Waals surface area contributed by atoms with Crippen LogP contribution in [0.4, 0.5) is 10.5 Å². The SMILES string of the molecule is CC(NC1CCC1)c1ccc(NC(N)=O)cc1. The van der Waals surface area contributed by atoms with Gasteiger partial charge in [0.15, 0.2) is 0 Å². The highest BCUT2D eigenvalue weighted by molar-refractivity contribution is 5.87. The van der Waals surface area contributed by atoms with Gasteiger partial charge in [0.2, 0.25) is 0 Å². The number of primary amides is 1. The summed E-state index contributed by atoms with van der Waals surface area (Å²) < 4.78 is 0. The lowest BCUT2D eigenvalue weighted by Gasteiger charge is -2.30. The van der Waals surface area contributed by atoms with Crippen molar-refractivity contribution in [3.63, 3.8) is 0 Å². The van der Waals surface area contributed by atoms with E-state index in [2.05, 4.69) is 17.6 Å². The van der Waals surface area contributed by atoms with E-state index in [0.717, 1.165) is 5.69 Å². The van der Waals surface area contributed by atoms with Crippen LogP contribution >= 0.6 is 0 Å². The van der Waals surface area contributed by atoms with E-state index in [9.17, 15) is 4.79 Å². The lowest BCUT2D eigenvalue weighted by molar-refractivity contribution is 0.259. The van der Waals surface area contributed by atoms with Crippen LogP contribution in [-0.4, -0.2) is 12.1 Å². The van der Waals surface area contributed by atoms with E-state index in [4.69, 9.17) is 5.73 Å². The van der Waals surface area contributed by atoms with Crippen molar-refractivity contribution in [2.24, 2.45) is 5.73 Å². The third kappa shape index (κ3) is 3.20. The van der Waals surface area contributed by atoms with Crippen molar-refractivity contribution in [2.75, 3.05) is 5.32 Å². The second kappa shape index (κ2) is 5.19. The zero-order chi connectivity index (χ0) is 12.3. The normalized spacial score (nSPS) is 17.2. The molecule has 0 spiro atoms. The van der Waals surface area contributed by atoms with E-state index >= 15 is 0 Å². The lowest BCUT2D eigenvalue weighted by Crippen LogP contribution is -2.36. The quantitative estimate of drug-likeness (QED) is 0.747. The highest BCUT2D eigenvalue weighted by Gasteiger charge is 2.19. The first-order valence-electron chi connectivity index (χ1n) is 6.07. The fourth-order valence-corrected chi connectivity index (χ4v) is 2.02. The average molecular weight is 233 g/mol. The molecule has 1 aromatic carbocycles. The van der Waals surface area contributed by atoms with Crippen LogP contribution in [0.5, 0.6) is 0 Å². The highest BCUT2D eigenvalue weighted by Crippen LogP contribution is 2.23. The molecule has 17 heavy (non-hydrogen) atoms. The van der Waals surface area contributed by atoms with Crippen molar-refractivity contribution >= 4 is 11.7 Å². The minimum atomic E-state index is -0.529. The second-order valence-electron chi connectivity index (χ2n) is 4.63. The number of nitrogens with two attached hydrogens (primary N) is 1. The maximum atomic E-state index is 10.7. The van der Waals surface area contributed by atoms with Gasteiger partial charge in [-0.1, -0.05) is 18.6 Å². The number of nitrogens with one attached hydrogen (secondary N) is 2. The second-order valence-corrected chi connectivity index (χ2v) is 4.63. The molecule has 0 saturated heterocycles. The number of urea groups is 1. The average Bonchev–Trinajstić information content (AvgIpc) is 2.23. The van der Waals surface area contributed by atoms with Gasteiger partial charge in [0.25, 0.3) is 0 Å². The van der Waals surface area contributed by atoms with Gasteiger partial charge in [0.05, 0.1) is 0 Å². The van der Waals surface area contributed by atoms with E-state index in [1.165, 1.54) is 24.8 Å². The van der Waals surface area contributed by atoms with E-state index < -0.39 is 6.03 Å². The van der Waals surface area contributed by atoms with Crippen molar-refractivity contribution in [3.8, 4) is 0 Å². The van der Waals surface area contributed by atoms with Gasteiger partial charge in [-0.15, -0.1) is 0 Å². The Morgan fingerprint density at radius 3 is 2.47 bits per heavy atom. The molecule has 1 aromatic rings. The summed E-state index contributed by atoms with van der Waals surface area (Å²) in [6.07, 6.45) is 3.91. The van der Waals surface area contributed by atoms with Crippen LogP contribution in [0.15, 0.2) is 24.3 Å². The Hall–Kier alpha value is -1.55. The van der Waals surface area contributed by atoms with Crippen LogP contribution < -0.4 is 16.4 Å². The van der Waals surface area contributed by atoms with Gasteiger partial charge in [-0.2, -0.15) is 0 Å². The fraction of sp³-hybridized carbons (Fsp3) is 0.462.